The first-order chi connectivity index (χ1) is 15.3. The number of pyridine rings is 1. The summed E-state index contributed by atoms with van der Waals surface area (Å²) in [6.07, 6.45) is 8.51. The van der Waals surface area contributed by atoms with E-state index in [-0.39, 0.29) is 5.91 Å². The second-order valence-electron chi connectivity index (χ2n) is 8.35. The summed E-state index contributed by atoms with van der Waals surface area (Å²) in [5, 5.41) is 3.11. The normalized spacial score (nSPS) is 15.0. The molecule has 1 amide bonds. The predicted molar refractivity (Wildman–Crippen MR) is 126 cm³/mol. The number of likely N-dealkylation sites (tertiary alicyclic amines) is 1. The molecule has 4 rings (SSSR count). The minimum Gasteiger partial charge on any atom is -0.351 e. The summed E-state index contributed by atoms with van der Waals surface area (Å²) < 4.78 is 0. The van der Waals surface area contributed by atoms with Crippen LogP contribution in [0.25, 0.3) is 11.1 Å². The molecule has 1 fully saturated rings. The van der Waals surface area contributed by atoms with Crippen LogP contribution >= 0.6 is 0 Å². The van der Waals surface area contributed by atoms with Crippen LogP contribution in [0.15, 0.2) is 79.1 Å². The number of carbonyl (C=O) groups excluding carboxylic acids is 1. The molecule has 1 N–H and O–H groups in total. The van der Waals surface area contributed by atoms with Gasteiger partial charge in [0.25, 0.3) is 5.91 Å². The molecule has 0 atom stereocenters. The van der Waals surface area contributed by atoms with E-state index in [2.05, 4.69) is 45.5 Å². The zero-order valence-corrected chi connectivity index (χ0v) is 18.0. The number of benzene rings is 2. The number of rotatable bonds is 8. The third kappa shape index (κ3) is 6.02. The van der Waals surface area contributed by atoms with Crippen molar-refractivity contribution in [2.45, 2.75) is 25.7 Å². The Kier molecular flexibility index (Phi) is 7.46. The molecule has 4 heteroatoms. The molecule has 2 heterocycles. The minimum absolute atomic E-state index is 0.0165. The number of hydrogen-bond donors (Lipinski definition) is 1. The van der Waals surface area contributed by atoms with Gasteiger partial charge in [-0.2, -0.15) is 0 Å². The van der Waals surface area contributed by atoms with Crippen molar-refractivity contribution in [3.63, 3.8) is 0 Å². The molecule has 31 heavy (non-hydrogen) atoms. The summed E-state index contributed by atoms with van der Waals surface area (Å²) in [6, 6.07) is 22.4. The summed E-state index contributed by atoms with van der Waals surface area (Å²) >= 11 is 0. The van der Waals surface area contributed by atoms with Gasteiger partial charge >= 0.3 is 0 Å². The van der Waals surface area contributed by atoms with Crippen LogP contribution in [0.5, 0.6) is 0 Å². The van der Waals surface area contributed by atoms with E-state index in [1.807, 2.05) is 36.4 Å². The number of hydrogen-bond acceptors (Lipinski definition) is 3. The molecular weight excluding hydrogens is 382 g/mol. The Morgan fingerprint density at radius 3 is 2.52 bits per heavy atom. The van der Waals surface area contributed by atoms with Crippen LogP contribution in [0.2, 0.25) is 0 Å². The summed E-state index contributed by atoms with van der Waals surface area (Å²) in [6.45, 7) is 3.84. The fraction of sp³-hybridized carbons (Fsp3) is 0.333. The average molecular weight is 414 g/mol. The van der Waals surface area contributed by atoms with E-state index in [4.69, 9.17) is 0 Å². The highest BCUT2D eigenvalue weighted by Crippen LogP contribution is 2.23. The Bertz CT molecular complexity index is 950. The lowest BCUT2D eigenvalue weighted by Gasteiger charge is -2.32. The highest BCUT2D eigenvalue weighted by atomic mass is 16.1. The molecule has 1 aliphatic rings. The molecule has 1 aliphatic heterocycles. The lowest BCUT2D eigenvalue weighted by atomic mass is 9.90. The maximum Gasteiger partial charge on any atom is 0.251 e. The summed E-state index contributed by atoms with van der Waals surface area (Å²) in [5.74, 6) is 0.801. The van der Waals surface area contributed by atoms with Crippen LogP contribution in [0.3, 0.4) is 0 Å². The first kappa shape index (κ1) is 21.3. The van der Waals surface area contributed by atoms with Gasteiger partial charge < -0.3 is 10.2 Å². The number of aryl methyl sites for hydroxylation is 1. The standard InChI is InChI=1S/C27H31N3O/c31-27(26-11-5-4-10-25(26)24-9-6-16-28-21-24)29-17-20-30-18-14-23(15-19-30)13-12-22-7-2-1-3-8-22/h1-11,16,21,23H,12-15,17-20H2,(H,29,31). The average Bonchev–Trinajstić information content (AvgIpc) is 2.85. The maximum absolute atomic E-state index is 12.8. The molecule has 1 aromatic heterocycles. The Hall–Kier alpha value is -2.98. The molecule has 0 aliphatic carbocycles. The van der Waals surface area contributed by atoms with Gasteiger partial charge in [-0.25, -0.2) is 0 Å². The fourth-order valence-corrected chi connectivity index (χ4v) is 4.39. The van der Waals surface area contributed by atoms with Crippen molar-refractivity contribution >= 4 is 5.91 Å². The molecular formula is C27H31N3O. The van der Waals surface area contributed by atoms with Crippen LogP contribution in [0, 0.1) is 5.92 Å². The van der Waals surface area contributed by atoms with Crippen LogP contribution in [0.1, 0.15) is 35.2 Å². The van der Waals surface area contributed by atoms with E-state index in [1.165, 1.54) is 31.2 Å². The minimum atomic E-state index is -0.0165. The van der Waals surface area contributed by atoms with E-state index in [0.717, 1.165) is 36.7 Å². The van der Waals surface area contributed by atoms with Crippen LogP contribution in [0.4, 0.5) is 0 Å². The van der Waals surface area contributed by atoms with Crippen LogP contribution in [-0.4, -0.2) is 42.0 Å². The molecule has 0 saturated carbocycles. The summed E-state index contributed by atoms with van der Waals surface area (Å²) in [7, 11) is 0. The molecule has 0 bridgehead atoms. The van der Waals surface area contributed by atoms with E-state index in [9.17, 15) is 4.79 Å². The van der Waals surface area contributed by atoms with Crippen molar-refractivity contribution in [1.82, 2.24) is 15.2 Å². The van der Waals surface area contributed by atoms with Gasteiger partial charge in [-0.05, 0) is 68.0 Å². The second-order valence-corrected chi connectivity index (χ2v) is 8.35. The third-order valence-electron chi connectivity index (χ3n) is 6.25. The van der Waals surface area contributed by atoms with Crippen molar-refractivity contribution < 1.29 is 4.79 Å². The van der Waals surface area contributed by atoms with Gasteiger partial charge in [-0.15, -0.1) is 0 Å². The van der Waals surface area contributed by atoms with Gasteiger partial charge in [0.15, 0.2) is 0 Å². The predicted octanol–water partition coefficient (Wildman–Crippen LogP) is 4.82. The van der Waals surface area contributed by atoms with Gasteiger partial charge in [0, 0.05) is 36.6 Å². The zero-order chi connectivity index (χ0) is 21.3. The molecule has 4 nitrogen and oxygen atoms in total. The number of aromatic nitrogens is 1. The quantitative estimate of drug-likeness (QED) is 0.576. The maximum atomic E-state index is 12.8. The summed E-state index contributed by atoms with van der Waals surface area (Å²) in [4.78, 5) is 19.5. The Labute approximate surface area is 185 Å². The fourth-order valence-electron chi connectivity index (χ4n) is 4.39. The van der Waals surface area contributed by atoms with Crippen LogP contribution in [-0.2, 0) is 6.42 Å². The van der Waals surface area contributed by atoms with Crippen LogP contribution < -0.4 is 5.32 Å². The van der Waals surface area contributed by atoms with Crippen molar-refractivity contribution in [3.05, 3.63) is 90.3 Å². The van der Waals surface area contributed by atoms with Crippen molar-refractivity contribution in [2.75, 3.05) is 26.2 Å². The topological polar surface area (TPSA) is 45.2 Å². The third-order valence-corrected chi connectivity index (χ3v) is 6.25. The van der Waals surface area contributed by atoms with E-state index >= 15 is 0 Å². The van der Waals surface area contributed by atoms with E-state index in [1.54, 1.807) is 12.4 Å². The zero-order valence-electron chi connectivity index (χ0n) is 18.0. The number of carbonyl (C=O) groups is 1. The number of nitrogens with one attached hydrogen (secondary N) is 1. The molecule has 1 saturated heterocycles. The molecule has 160 valence electrons. The van der Waals surface area contributed by atoms with Gasteiger partial charge in [0.1, 0.15) is 0 Å². The lowest BCUT2D eigenvalue weighted by Crippen LogP contribution is -2.39. The van der Waals surface area contributed by atoms with Crippen molar-refractivity contribution in [2.24, 2.45) is 5.92 Å². The Morgan fingerprint density at radius 2 is 1.74 bits per heavy atom. The number of nitrogens with zero attached hydrogens (tertiary/aromatic N) is 2. The van der Waals surface area contributed by atoms with Crippen molar-refractivity contribution in [3.8, 4) is 11.1 Å². The number of piperidine rings is 1. The molecule has 0 unspecified atom stereocenters. The van der Waals surface area contributed by atoms with Gasteiger partial charge in [-0.3, -0.25) is 9.78 Å². The lowest BCUT2D eigenvalue weighted by molar-refractivity contribution is 0.0944. The largest absolute Gasteiger partial charge is 0.351 e. The van der Waals surface area contributed by atoms with Gasteiger partial charge in [0.05, 0.1) is 0 Å². The molecule has 3 aromatic rings. The van der Waals surface area contributed by atoms with Gasteiger partial charge in [0.2, 0.25) is 0 Å². The van der Waals surface area contributed by atoms with E-state index in [0.29, 0.717) is 12.1 Å². The molecule has 2 aromatic carbocycles. The highest BCUT2D eigenvalue weighted by Gasteiger charge is 2.19. The Balaban J connectivity index is 1.21. The monoisotopic (exact) mass is 413 g/mol. The molecule has 0 radical (unpaired) electrons. The van der Waals surface area contributed by atoms with E-state index < -0.39 is 0 Å². The highest BCUT2D eigenvalue weighted by molar-refractivity contribution is 6.00. The summed E-state index contributed by atoms with van der Waals surface area (Å²) in [5.41, 5.74) is 4.03. The second kappa shape index (κ2) is 10.9. The first-order valence-electron chi connectivity index (χ1n) is 11.3. The molecule has 0 spiro atoms. The number of amides is 1. The van der Waals surface area contributed by atoms with Gasteiger partial charge in [-0.1, -0.05) is 54.6 Å². The Morgan fingerprint density at radius 1 is 0.968 bits per heavy atom. The van der Waals surface area contributed by atoms with Crippen molar-refractivity contribution in [1.29, 1.82) is 0 Å². The smallest absolute Gasteiger partial charge is 0.251 e. The first-order valence-corrected chi connectivity index (χ1v) is 11.3. The SMILES string of the molecule is O=C(NCCN1CCC(CCc2ccccc2)CC1)c1ccccc1-c1cccnc1.